The zero-order valence-electron chi connectivity index (χ0n) is 16.1. The number of nitrogens with one attached hydrogen (secondary N) is 1. The molecule has 8 heteroatoms. The maximum Gasteiger partial charge on any atom is 0.263 e. The van der Waals surface area contributed by atoms with Crippen LogP contribution in [-0.2, 0) is 6.54 Å². The van der Waals surface area contributed by atoms with Crippen molar-refractivity contribution in [2.24, 2.45) is 0 Å². The molecule has 0 aliphatic rings. The van der Waals surface area contributed by atoms with Gasteiger partial charge in [0.25, 0.3) is 5.91 Å². The largest absolute Gasteiger partial charge is 0.493 e. The van der Waals surface area contributed by atoms with E-state index in [1.807, 2.05) is 31.2 Å². The number of aryl methyl sites for hydroxylation is 1. The number of amides is 1. The maximum absolute atomic E-state index is 12.6. The molecule has 0 atom stereocenters. The Hall–Kier alpha value is -3.13. The van der Waals surface area contributed by atoms with Gasteiger partial charge >= 0.3 is 0 Å². The monoisotopic (exact) mass is 399 g/mol. The van der Waals surface area contributed by atoms with Crippen molar-refractivity contribution in [3.63, 3.8) is 0 Å². The minimum atomic E-state index is -0.169. The molecule has 1 aromatic carbocycles. The van der Waals surface area contributed by atoms with E-state index in [0.29, 0.717) is 39.4 Å². The van der Waals surface area contributed by atoms with Crippen molar-refractivity contribution in [3.8, 4) is 27.8 Å². The second-order valence-corrected chi connectivity index (χ2v) is 6.89. The lowest BCUT2D eigenvalue weighted by Gasteiger charge is -2.13. The van der Waals surface area contributed by atoms with E-state index in [2.05, 4.69) is 15.3 Å². The van der Waals surface area contributed by atoms with Crippen molar-refractivity contribution in [2.75, 3.05) is 21.3 Å². The van der Waals surface area contributed by atoms with Gasteiger partial charge in [-0.2, -0.15) is 0 Å². The minimum absolute atomic E-state index is 0.169. The number of hydrogen-bond acceptors (Lipinski definition) is 7. The van der Waals surface area contributed by atoms with Crippen molar-refractivity contribution in [1.29, 1.82) is 0 Å². The summed E-state index contributed by atoms with van der Waals surface area (Å²) in [6.07, 6.45) is 3.42. The summed E-state index contributed by atoms with van der Waals surface area (Å²) >= 11 is 1.32. The summed E-state index contributed by atoms with van der Waals surface area (Å²) < 4.78 is 16.2. The van der Waals surface area contributed by atoms with Gasteiger partial charge in [-0.05, 0) is 30.7 Å². The van der Waals surface area contributed by atoms with Gasteiger partial charge in [0.15, 0.2) is 11.5 Å². The Labute approximate surface area is 167 Å². The summed E-state index contributed by atoms with van der Waals surface area (Å²) in [5.41, 5.74) is 2.38. The second-order valence-electron chi connectivity index (χ2n) is 5.89. The molecule has 28 heavy (non-hydrogen) atoms. The minimum Gasteiger partial charge on any atom is -0.493 e. The Balaban J connectivity index is 1.86. The van der Waals surface area contributed by atoms with Crippen molar-refractivity contribution in [3.05, 3.63) is 52.8 Å². The lowest BCUT2D eigenvalue weighted by molar-refractivity contribution is 0.0954. The zero-order valence-corrected chi connectivity index (χ0v) is 16.9. The topological polar surface area (TPSA) is 82.6 Å². The number of pyridine rings is 1. The standard InChI is InChI=1S/C20H21N3O4S/c1-12-18(19(24)22-11-13-6-5-7-21-10-13)28-20(23-12)14-8-15(25-2)17(27-4)16(9-14)26-3/h5-10H,11H2,1-4H3,(H,22,24). The van der Waals surface area contributed by atoms with Gasteiger partial charge in [-0.3, -0.25) is 9.78 Å². The molecule has 3 aromatic rings. The molecule has 2 heterocycles. The first-order chi connectivity index (χ1) is 13.6. The normalized spacial score (nSPS) is 10.4. The Morgan fingerprint density at radius 1 is 1.14 bits per heavy atom. The van der Waals surface area contributed by atoms with Crippen molar-refractivity contribution in [1.82, 2.24) is 15.3 Å². The predicted molar refractivity (Wildman–Crippen MR) is 107 cm³/mol. The van der Waals surface area contributed by atoms with Crippen molar-refractivity contribution in [2.45, 2.75) is 13.5 Å². The average molecular weight is 399 g/mol. The third-order valence-corrected chi connectivity index (χ3v) is 5.30. The Morgan fingerprint density at radius 3 is 2.43 bits per heavy atom. The molecule has 0 bridgehead atoms. The number of carbonyl (C=O) groups excluding carboxylic acids is 1. The quantitative estimate of drug-likeness (QED) is 0.655. The van der Waals surface area contributed by atoms with Crippen LogP contribution < -0.4 is 19.5 Å². The molecule has 3 rings (SSSR count). The average Bonchev–Trinajstić information content (AvgIpc) is 3.13. The lowest BCUT2D eigenvalue weighted by atomic mass is 10.2. The number of hydrogen-bond donors (Lipinski definition) is 1. The third-order valence-electron chi connectivity index (χ3n) is 4.09. The highest BCUT2D eigenvalue weighted by atomic mass is 32.1. The number of nitrogens with zero attached hydrogens (tertiary/aromatic N) is 2. The van der Waals surface area contributed by atoms with Crippen LogP contribution in [0.2, 0.25) is 0 Å². The summed E-state index contributed by atoms with van der Waals surface area (Å²) in [6.45, 7) is 2.22. The van der Waals surface area contributed by atoms with Crippen LogP contribution in [0.15, 0.2) is 36.7 Å². The van der Waals surface area contributed by atoms with Crippen molar-refractivity contribution >= 4 is 17.2 Å². The summed E-state index contributed by atoms with van der Waals surface area (Å²) in [5.74, 6) is 1.41. The highest BCUT2D eigenvalue weighted by molar-refractivity contribution is 7.17. The second kappa shape index (κ2) is 8.71. The van der Waals surface area contributed by atoms with Gasteiger partial charge in [0.05, 0.1) is 27.0 Å². The molecule has 0 radical (unpaired) electrons. The SMILES string of the molecule is COc1cc(-c2nc(C)c(C(=O)NCc3cccnc3)s2)cc(OC)c1OC. The fourth-order valence-corrected chi connectivity index (χ4v) is 3.67. The predicted octanol–water partition coefficient (Wildman–Crippen LogP) is 3.47. The van der Waals surface area contributed by atoms with Gasteiger partial charge in [0.1, 0.15) is 9.88 Å². The molecule has 0 aliphatic carbocycles. The van der Waals surface area contributed by atoms with Crippen LogP contribution in [0, 0.1) is 6.92 Å². The van der Waals surface area contributed by atoms with E-state index in [4.69, 9.17) is 14.2 Å². The fourth-order valence-electron chi connectivity index (χ4n) is 2.70. The van der Waals surface area contributed by atoms with Crippen LogP contribution in [0.3, 0.4) is 0 Å². The van der Waals surface area contributed by atoms with Gasteiger partial charge in [0, 0.05) is 24.5 Å². The summed E-state index contributed by atoms with van der Waals surface area (Å²) in [4.78, 5) is 21.8. The number of ether oxygens (including phenoxy) is 3. The first kappa shape index (κ1) is 19.6. The van der Waals surface area contributed by atoms with Gasteiger partial charge < -0.3 is 19.5 Å². The zero-order chi connectivity index (χ0) is 20.1. The summed E-state index contributed by atoms with van der Waals surface area (Å²) in [5, 5.41) is 3.60. The van der Waals surface area contributed by atoms with Crippen LogP contribution in [-0.4, -0.2) is 37.2 Å². The first-order valence-electron chi connectivity index (χ1n) is 8.52. The van der Waals surface area contributed by atoms with E-state index in [0.717, 1.165) is 11.1 Å². The number of benzene rings is 1. The molecule has 0 aliphatic heterocycles. The van der Waals surface area contributed by atoms with Gasteiger partial charge in [-0.1, -0.05) is 6.07 Å². The highest BCUT2D eigenvalue weighted by Crippen LogP contribution is 2.42. The number of carbonyl (C=O) groups is 1. The molecule has 1 N–H and O–H groups in total. The molecule has 146 valence electrons. The van der Waals surface area contributed by atoms with Crippen molar-refractivity contribution < 1.29 is 19.0 Å². The van der Waals surface area contributed by atoms with E-state index < -0.39 is 0 Å². The molecule has 2 aromatic heterocycles. The van der Waals surface area contributed by atoms with Crippen LogP contribution in [0.4, 0.5) is 0 Å². The number of methoxy groups -OCH3 is 3. The molecule has 0 spiro atoms. The van der Waals surface area contributed by atoms with Gasteiger partial charge in [-0.25, -0.2) is 4.98 Å². The third kappa shape index (κ3) is 4.07. The summed E-state index contributed by atoms with van der Waals surface area (Å²) in [7, 11) is 4.68. The van der Waals surface area contributed by atoms with Crippen LogP contribution in [0.25, 0.3) is 10.6 Å². The fraction of sp³-hybridized carbons (Fsp3) is 0.250. The number of aromatic nitrogens is 2. The number of rotatable bonds is 7. The maximum atomic E-state index is 12.6. The van der Waals surface area contributed by atoms with Gasteiger partial charge in [-0.15, -0.1) is 11.3 Å². The molecular formula is C20H21N3O4S. The molecule has 0 saturated heterocycles. The Kier molecular flexibility index (Phi) is 6.10. The van der Waals surface area contributed by atoms with Crippen LogP contribution in [0.5, 0.6) is 17.2 Å². The van der Waals surface area contributed by atoms with Crippen LogP contribution in [0.1, 0.15) is 20.9 Å². The molecular weight excluding hydrogens is 378 g/mol. The van der Waals surface area contributed by atoms with E-state index in [-0.39, 0.29) is 5.91 Å². The van der Waals surface area contributed by atoms with E-state index >= 15 is 0 Å². The van der Waals surface area contributed by atoms with Crippen LogP contribution >= 0.6 is 11.3 Å². The van der Waals surface area contributed by atoms with E-state index in [1.54, 1.807) is 33.7 Å². The van der Waals surface area contributed by atoms with Gasteiger partial charge in [0.2, 0.25) is 5.75 Å². The van der Waals surface area contributed by atoms with E-state index in [1.165, 1.54) is 11.3 Å². The Morgan fingerprint density at radius 2 is 1.86 bits per heavy atom. The molecule has 1 amide bonds. The highest BCUT2D eigenvalue weighted by Gasteiger charge is 2.19. The molecule has 0 saturated carbocycles. The molecule has 7 nitrogen and oxygen atoms in total. The first-order valence-corrected chi connectivity index (χ1v) is 9.34. The summed E-state index contributed by atoms with van der Waals surface area (Å²) in [6, 6.07) is 7.38. The lowest BCUT2D eigenvalue weighted by Crippen LogP contribution is -2.22. The number of thiazole rings is 1. The molecule has 0 fully saturated rings. The Bertz CT molecular complexity index is 948. The van der Waals surface area contributed by atoms with E-state index in [9.17, 15) is 4.79 Å². The smallest absolute Gasteiger partial charge is 0.263 e. The molecule has 0 unspecified atom stereocenters.